The fourth-order valence-electron chi connectivity index (χ4n) is 4.82. The Kier molecular flexibility index (Phi) is 6.90. The van der Waals surface area contributed by atoms with Gasteiger partial charge in [0.1, 0.15) is 0 Å². The highest BCUT2D eigenvalue weighted by atomic mass is 16.5. The Bertz CT molecular complexity index is 747. The number of ether oxygens (including phenoxy) is 1. The van der Waals surface area contributed by atoms with Crippen molar-refractivity contribution >= 4 is 0 Å². The zero-order chi connectivity index (χ0) is 20.1. The molecule has 0 bridgehead atoms. The second-order valence-corrected chi connectivity index (χ2v) is 8.43. The van der Waals surface area contributed by atoms with Crippen LogP contribution in [0.4, 0.5) is 0 Å². The Balaban J connectivity index is 1.53. The summed E-state index contributed by atoms with van der Waals surface area (Å²) in [5.41, 5.74) is 2.53. The second-order valence-electron chi connectivity index (χ2n) is 8.43. The summed E-state index contributed by atoms with van der Waals surface area (Å²) in [6.07, 6.45) is 6.94. The van der Waals surface area contributed by atoms with Gasteiger partial charge in [-0.2, -0.15) is 0 Å². The number of piperazine rings is 1. The summed E-state index contributed by atoms with van der Waals surface area (Å²) in [7, 11) is 1.71. The van der Waals surface area contributed by atoms with Crippen molar-refractivity contribution in [1.29, 1.82) is 0 Å². The Hall–Kier alpha value is -1.83. The van der Waals surface area contributed by atoms with Gasteiger partial charge in [0, 0.05) is 39.3 Å². The normalized spacial score (nSPS) is 20.8. The van der Waals surface area contributed by atoms with Crippen molar-refractivity contribution in [2.75, 3.05) is 39.9 Å². The molecule has 7 nitrogen and oxygen atoms in total. The molecule has 1 atom stereocenters. The molecule has 7 heteroatoms. The van der Waals surface area contributed by atoms with Gasteiger partial charge in [0.15, 0.2) is 5.82 Å². The van der Waals surface area contributed by atoms with Crippen LogP contribution in [-0.2, 0) is 11.3 Å². The topological polar surface area (TPSA) is 59.3 Å². The third-order valence-electron chi connectivity index (χ3n) is 6.51. The van der Waals surface area contributed by atoms with Crippen LogP contribution >= 0.6 is 0 Å². The highest BCUT2D eigenvalue weighted by molar-refractivity contribution is 5.28. The van der Waals surface area contributed by atoms with Gasteiger partial charge in [0.25, 0.3) is 0 Å². The predicted molar refractivity (Wildman–Crippen MR) is 113 cm³/mol. The zero-order valence-electron chi connectivity index (χ0n) is 17.8. The van der Waals surface area contributed by atoms with Crippen LogP contribution in [0, 0.1) is 6.92 Å². The van der Waals surface area contributed by atoms with Gasteiger partial charge in [-0.25, -0.2) is 4.68 Å². The van der Waals surface area contributed by atoms with Gasteiger partial charge in [0.05, 0.1) is 19.2 Å². The fraction of sp³-hybridized carbons (Fsp3) is 0.682. The molecule has 1 aromatic heterocycles. The lowest BCUT2D eigenvalue weighted by Gasteiger charge is -2.43. The van der Waals surface area contributed by atoms with E-state index < -0.39 is 0 Å². The van der Waals surface area contributed by atoms with Gasteiger partial charge in [-0.05, 0) is 35.8 Å². The summed E-state index contributed by atoms with van der Waals surface area (Å²) in [5.74, 6) is 0.914. The van der Waals surface area contributed by atoms with E-state index in [0.717, 1.165) is 38.0 Å². The van der Waals surface area contributed by atoms with Crippen molar-refractivity contribution in [2.24, 2.45) is 0 Å². The molecule has 0 amide bonds. The summed E-state index contributed by atoms with van der Waals surface area (Å²) in [6, 6.07) is 9.69. The Labute approximate surface area is 174 Å². The monoisotopic (exact) mass is 398 g/mol. The number of hydrogen-bond acceptors (Lipinski definition) is 6. The molecule has 2 aliphatic rings. The average Bonchev–Trinajstić information content (AvgIpc) is 3.23. The number of tetrazole rings is 1. The van der Waals surface area contributed by atoms with Crippen molar-refractivity contribution in [3.05, 3.63) is 41.2 Å². The molecular weight excluding hydrogens is 364 g/mol. The van der Waals surface area contributed by atoms with E-state index in [4.69, 9.17) is 4.74 Å². The van der Waals surface area contributed by atoms with Gasteiger partial charge >= 0.3 is 0 Å². The van der Waals surface area contributed by atoms with E-state index in [2.05, 4.69) is 56.5 Å². The highest BCUT2D eigenvalue weighted by Gasteiger charge is 2.32. The Morgan fingerprint density at radius 1 is 1.03 bits per heavy atom. The summed E-state index contributed by atoms with van der Waals surface area (Å²) in [4.78, 5) is 5.27. The van der Waals surface area contributed by atoms with Crippen LogP contribution in [0.5, 0.6) is 0 Å². The first kappa shape index (κ1) is 20.4. The number of hydrogen-bond donors (Lipinski definition) is 0. The minimum atomic E-state index is 0.0796. The van der Waals surface area contributed by atoms with Crippen LogP contribution in [0.3, 0.4) is 0 Å². The summed E-state index contributed by atoms with van der Waals surface area (Å²) in [5, 5.41) is 12.7. The molecule has 0 radical (unpaired) electrons. The van der Waals surface area contributed by atoms with Gasteiger partial charge in [-0.3, -0.25) is 9.80 Å². The van der Waals surface area contributed by atoms with E-state index >= 15 is 0 Å². The number of aryl methyl sites for hydroxylation is 1. The lowest BCUT2D eigenvalue weighted by molar-refractivity contribution is 0.0615. The van der Waals surface area contributed by atoms with E-state index in [9.17, 15) is 0 Å². The highest BCUT2D eigenvalue weighted by Crippen LogP contribution is 2.30. The number of rotatable bonds is 7. The zero-order valence-corrected chi connectivity index (χ0v) is 17.8. The van der Waals surface area contributed by atoms with Crippen molar-refractivity contribution in [3.63, 3.8) is 0 Å². The van der Waals surface area contributed by atoms with E-state index in [1.54, 1.807) is 7.11 Å². The SMILES string of the molecule is COCCn1nnnc1[C@H](c1ccc(C)cc1)N1CCN(C2CCCCC2)CC1. The van der Waals surface area contributed by atoms with Crippen molar-refractivity contribution in [1.82, 2.24) is 30.0 Å². The van der Waals surface area contributed by atoms with Crippen molar-refractivity contribution in [2.45, 2.75) is 57.7 Å². The lowest BCUT2D eigenvalue weighted by Crippen LogP contribution is -2.52. The molecule has 1 aliphatic heterocycles. The van der Waals surface area contributed by atoms with Crippen LogP contribution in [0.1, 0.15) is 55.1 Å². The first-order chi connectivity index (χ1) is 14.3. The molecule has 0 unspecified atom stereocenters. The maximum absolute atomic E-state index is 5.26. The lowest BCUT2D eigenvalue weighted by atomic mass is 9.93. The molecule has 1 aromatic carbocycles. The van der Waals surface area contributed by atoms with Crippen LogP contribution in [0.15, 0.2) is 24.3 Å². The summed E-state index contributed by atoms with van der Waals surface area (Å²) >= 11 is 0. The number of benzene rings is 1. The molecule has 4 rings (SSSR count). The maximum Gasteiger partial charge on any atom is 0.173 e. The molecule has 29 heavy (non-hydrogen) atoms. The molecule has 2 aromatic rings. The van der Waals surface area contributed by atoms with E-state index in [1.165, 1.54) is 43.2 Å². The minimum absolute atomic E-state index is 0.0796. The Morgan fingerprint density at radius 2 is 1.76 bits per heavy atom. The predicted octanol–water partition coefficient (Wildman–Crippen LogP) is 2.67. The summed E-state index contributed by atoms with van der Waals surface area (Å²) in [6.45, 7) is 7.76. The van der Waals surface area contributed by atoms with E-state index in [0.29, 0.717) is 13.2 Å². The largest absolute Gasteiger partial charge is 0.383 e. The molecule has 2 fully saturated rings. The standard InChI is InChI=1S/C22H34N6O/c1-18-8-10-19(11-9-18)21(22-23-24-25-28(22)16-17-29-2)27-14-12-26(13-15-27)20-6-4-3-5-7-20/h8-11,20-21H,3-7,12-17H2,1-2H3/t21-/m0/s1. The van der Waals surface area contributed by atoms with Gasteiger partial charge in [-0.1, -0.05) is 49.1 Å². The average molecular weight is 399 g/mol. The van der Waals surface area contributed by atoms with Crippen molar-refractivity contribution in [3.8, 4) is 0 Å². The van der Waals surface area contributed by atoms with Crippen LogP contribution in [0.25, 0.3) is 0 Å². The molecular formula is C22H34N6O. The maximum atomic E-state index is 5.26. The molecule has 1 aliphatic carbocycles. The van der Waals surface area contributed by atoms with Crippen molar-refractivity contribution < 1.29 is 4.74 Å². The molecule has 0 spiro atoms. The first-order valence-corrected chi connectivity index (χ1v) is 11.1. The summed E-state index contributed by atoms with van der Waals surface area (Å²) < 4.78 is 7.17. The smallest absolute Gasteiger partial charge is 0.173 e. The fourth-order valence-corrected chi connectivity index (χ4v) is 4.82. The molecule has 1 saturated carbocycles. The number of aromatic nitrogens is 4. The van der Waals surface area contributed by atoms with Gasteiger partial charge < -0.3 is 4.74 Å². The third-order valence-corrected chi connectivity index (χ3v) is 6.51. The number of nitrogens with zero attached hydrogens (tertiary/aromatic N) is 6. The quantitative estimate of drug-likeness (QED) is 0.715. The number of methoxy groups -OCH3 is 1. The third kappa shape index (κ3) is 4.85. The van der Waals surface area contributed by atoms with Crippen LogP contribution < -0.4 is 0 Å². The van der Waals surface area contributed by atoms with E-state index in [1.807, 2.05) is 4.68 Å². The molecule has 2 heterocycles. The van der Waals surface area contributed by atoms with Gasteiger partial charge in [-0.15, -0.1) is 5.10 Å². The van der Waals surface area contributed by atoms with Crippen LogP contribution in [-0.4, -0.2) is 75.9 Å². The Morgan fingerprint density at radius 3 is 2.45 bits per heavy atom. The van der Waals surface area contributed by atoms with Gasteiger partial charge in [0.2, 0.25) is 0 Å². The first-order valence-electron chi connectivity index (χ1n) is 11.1. The molecule has 1 saturated heterocycles. The molecule has 158 valence electrons. The minimum Gasteiger partial charge on any atom is -0.383 e. The second kappa shape index (κ2) is 9.78. The van der Waals surface area contributed by atoms with E-state index in [-0.39, 0.29) is 6.04 Å². The molecule has 0 N–H and O–H groups in total. The van der Waals surface area contributed by atoms with Crippen LogP contribution in [0.2, 0.25) is 0 Å².